The van der Waals surface area contributed by atoms with Gasteiger partial charge in [0.25, 0.3) is 0 Å². The highest BCUT2D eigenvalue weighted by molar-refractivity contribution is 6.01. The van der Waals surface area contributed by atoms with E-state index in [1.807, 2.05) is 6.07 Å². The molecule has 166 valence electrons. The topological polar surface area (TPSA) is 118 Å². The molecule has 3 N–H and O–H groups in total. The highest BCUT2D eigenvalue weighted by atomic mass is 19.1. The van der Waals surface area contributed by atoms with Gasteiger partial charge >= 0.3 is 5.97 Å². The van der Waals surface area contributed by atoms with Crippen molar-refractivity contribution in [2.45, 2.75) is 6.92 Å². The summed E-state index contributed by atoms with van der Waals surface area (Å²) in [4.78, 5) is 34.2. The summed E-state index contributed by atoms with van der Waals surface area (Å²) in [6.07, 6.45) is 2.88. The lowest BCUT2D eigenvalue weighted by Crippen LogP contribution is -2.38. The van der Waals surface area contributed by atoms with E-state index in [1.54, 1.807) is 31.4 Å². The zero-order valence-corrected chi connectivity index (χ0v) is 17.4. The number of ether oxygens (including phenoxy) is 1. The molecule has 0 fully saturated rings. The predicted molar refractivity (Wildman–Crippen MR) is 115 cm³/mol. The van der Waals surface area contributed by atoms with Gasteiger partial charge in [0.1, 0.15) is 23.7 Å². The van der Waals surface area contributed by atoms with Crippen molar-refractivity contribution in [3.63, 3.8) is 0 Å². The molecule has 9 heteroatoms. The Morgan fingerprint density at radius 1 is 1.12 bits per heavy atom. The van der Waals surface area contributed by atoms with Crippen molar-refractivity contribution >= 4 is 34.3 Å². The first kappa shape index (κ1) is 22.5. The lowest BCUT2D eigenvalue weighted by Gasteiger charge is -2.10. The Labute approximate surface area is 182 Å². The summed E-state index contributed by atoms with van der Waals surface area (Å²) in [5, 5.41) is 13.9. The second-order valence-electron chi connectivity index (χ2n) is 6.92. The first-order chi connectivity index (χ1) is 15.3. The van der Waals surface area contributed by atoms with Crippen LogP contribution in [0.4, 0.5) is 4.39 Å². The van der Waals surface area contributed by atoms with E-state index >= 15 is 0 Å². The van der Waals surface area contributed by atoms with Crippen LogP contribution in [0.25, 0.3) is 27.7 Å². The molecule has 0 unspecified atom stereocenters. The molecule has 2 amide bonds. The number of allylic oxidation sites excluding steroid dienone is 1. The molecular weight excluding hydrogens is 419 g/mol. The molecule has 0 aliphatic rings. The third kappa shape index (κ3) is 5.31. The van der Waals surface area contributed by atoms with Gasteiger partial charge in [0.05, 0.1) is 19.9 Å². The van der Waals surface area contributed by atoms with Crippen molar-refractivity contribution in [1.82, 2.24) is 10.6 Å². The van der Waals surface area contributed by atoms with Gasteiger partial charge in [-0.15, -0.1) is 0 Å². The minimum atomic E-state index is -1.18. The Bertz CT molecular complexity index is 1200. The number of rotatable bonds is 8. The third-order valence-electron chi connectivity index (χ3n) is 4.68. The van der Waals surface area contributed by atoms with Gasteiger partial charge < -0.3 is 24.9 Å². The minimum Gasteiger partial charge on any atom is -0.496 e. The first-order valence-electron chi connectivity index (χ1n) is 9.58. The largest absolute Gasteiger partial charge is 0.496 e. The van der Waals surface area contributed by atoms with Gasteiger partial charge in [-0.25, -0.2) is 4.39 Å². The number of halogens is 1. The molecule has 3 aromatic rings. The number of fused-ring (bicyclic) bond motifs is 1. The first-order valence-corrected chi connectivity index (χ1v) is 9.58. The number of methoxy groups -OCH3 is 1. The molecule has 1 aromatic heterocycles. The van der Waals surface area contributed by atoms with E-state index in [-0.39, 0.29) is 12.4 Å². The highest BCUT2D eigenvalue weighted by Gasteiger charge is 2.15. The Balaban J connectivity index is 1.85. The van der Waals surface area contributed by atoms with E-state index in [1.165, 1.54) is 25.3 Å². The van der Waals surface area contributed by atoms with Crippen molar-refractivity contribution in [1.29, 1.82) is 0 Å². The van der Waals surface area contributed by atoms with Gasteiger partial charge in [-0.05, 0) is 36.3 Å². The van der Waals surface area contributed by atoms with Gasteiger partial charge in [0.2, 0.25) is 11.8 Å². The smallest absolute Gasteiger partial charge is 0.322 e. The molecule has 0 radical (unpaired) electrons. The molecule has 0 spiro atoms. The molecule has 32 heavy (non-hydrogen) atoms. The van der Waals surface area contributed by atoms with E-state index < -0.39 is 24.3 Å². The number of amides is 2. The normalized spacial score (nSPS) is 11.3. The summed E-state index contributed by atoms with van der Waals surface area (Å²) >= 11 is 0. The summed E-state index contributed by atoms with van der Waals surface area (Å²) < 4.78 is 24.4. The van der Waals surface area contributed by atoms with Crippen molar-refractivity contribution in [3.8, 4) is 16.9 Å². The number of hydrogen-bond acceptors (Lipinski definition) is 5. The number of hydrogen-bond donors (Lipinski definition) is 3. The molecule has 0 aliphatic carbocycles. The number of nitrogens with one attached hydrogen (secondary N) is 2. The molecule has 0 saturated carbocycles. The number of carboxylic acid groups (broad SMARTS) is 1. The maximum absolute atomic E-state index is 13.3. The SMILES string of the molecule is COc1cc2occ(-c3ccc(F)cc3)c2cc1/C(C)=C/C(=O)NCC(=O)NCC(=O)O. The van der Waals surface area contributed by atoms with Gasteiger partial charge in [-0.3, -0.25) is 14.4 Å². The maximum Gasteiger partial charge on any atom is 0.322 e. The standard InChI is InChI=1S/C23H21FN2O6/c1-13(7-21(27)25-10-22(28)26-11-23(29)30)16-8-17-18(14-3-5-15(24)6-4-14)12-32-20(17)9-19(16)31-2/h3-9,12H,10-11H2,1-2H3,(H,25,27)(H,26,28)(H,29,30)/b13-7+. The Hall–Kier alpha value is -4.14. The summed E-state index contributed by atoms with van der Waals surface area (Å²) in [5.41, 5.74) is 3.30. The number of benzene rings is 2. The van der Waals surface area contributed by atoms with Crippen LogP contribution in [0.1, 0.15) is 12.5 Å². The Kier molecular flexibility index (Phi) is 6.89. The van der Waals surface area contributed by atoms with Crippen LogP contribution in [-0.4, -0.2) is 43.1 Å². The molecule has 1 heterocycles. The summed E-state index contributed by atoms with van der Waals surface area (Å²) in [6.45, 7) is 0.829. The van der Waals surface area contributed by atoms with Crippen molar-refractivity contribution in [2.24, 2.45) is 0 Å². The van der Waals surface area contributed by atoms with Crippen LogP contribution >= 0.6 is 0 Å². The number of aliphatic carboxylic acids is 1. The highest BCUT2D eigenvalue weighted by Crippen LogP contribution is 2.37. The molecule has 0 saturated heterocycles. The van der Waals surface area contributed by atoms with Crippen LogP contribution in [0.2, 0.25) is 0 Å². The van der Waals surface area contributed by atoms with Gasteiger partial charge in [-0.1, -0.05) is 12.1 Å². The van der Waals surface area contributed by atoms with Crippen molar-refractivity contribution in [2.75, 3.05) is 20.2 Å². The number of carbonyl (C=O) groups is 3. The third-order valence-corrected chi connectivity index (χ3v) is 4.68. The van der Waals surface area contributed by atoms with Crippen LogP contribution in [0.5, 0.6) is 5.75 Å². The van der Waals surface area contributed by atoms with E-state index in [0.717, 1.165) is 16.5 Å². The van der Waals surface area contributed by atoms with Crippen LogP contribution < -0.4 is 15.4 Å². The van der Waals surface area contributed by atoms with Crippen molar-refractivity contribution < 1.29 is 33.0 Å². The van der Waals surface area contributed by atoms with E-state index in [2.05, 4.69) is 10.6 Å². The second-order valence-corrected chi connectivity index (χ2v) is 6.92. The molecule has 0 atom stereocenters. The van der Waals surface area contributed by atoms with Crippen molar-refractivity contribution in [3.05, 3.63) is 60.1 Å². The van der Waals surface area contributed by atoms with Gasteiger partial charge in [0, 0.05) is 28.7 Å². The van der Waals surface area contributed by atoms with Gasteiger partial charge in [0.15, 0.2) is 0 Å². The summed E-state index contributed by atoms with van der Waals surface area (Å²) in [6, 6.07) is 9.53. The fraction of sp³-hybridized carbons (Fsp3) is 0.174. The molecule has 8 nitrogen and oxygen atoms in total. The maximum atomic E-state index is 13.3. The molecule has 0 bridgehead atoms. The van der Waals surface area contributed by atoms with Crippen LogP contribution in [0, 0.1) is 5.82 Å². The van der Waals surface area contributed by atoms with E-state index in [9.17, 15) is 18.8 Å². The molecule has 0 aliphatic heterocycles. The average Bonchev–Trinajstić information content (AvgIpc) is 3.18. The van der Waals surface area contributed by atoms with E-state index in [0.29, 0.717) is 22.5 Å². The Morgan fingerprint density at radius 2 is 1.84 bits per heavy atom. The van der Waals surface area contributed by atoms with Crippen LogP contribution in [-0.2, 0) is 14.4 Å². The molecule has 2 aromatic carbocycles. The fourth-order valence-corrected chi connectivity index (χ4v) is 3.11. The van der Waals surface area contributed by atoms with Gasteiger partial charge in [-0.2, -0.15) is 0 Å². The minimum absolute atomic E-state index is 0.342. The van der Waals surface area contributed by atoms with Crippen LogP contribution in [0.15, 0.2) is 53.2 Å². The quantitative estimate of drug-likeness (QED) is 0.464. The predicted octanol–water partition coefficient (Wildman–Crippen LogP) is 2.97. The second kappa shape index (κ2) is 9.78. The number of carbonyl (C=O) groups excluding carboxylic acids is 2. The molecule has 3 rings (SSSR count). The monoisotopic (exact) mass is 440 g/mol. The van der Waals surface area contributed by atoms with Crippen LogP contribution in [0.3, 0.4) is 0 Å². The lowest BCUT2D eigenvalue weighted by molar-refractivity contribution is -0.137. The lowest BCUT2D eigenvalue weighted by atomic mass is 9.99. The van der Waals surface area contributed by atoms with E-state index in [4.69, 9.17) is 14.3 Å². The fourth-order valence-electron chi connectivity index (χ4n) is 3.11. The number of carboxylic acids is 1. The summed E-state index contributed by atoms with van der Waals surface area (Å²) in [7, 11) is 1.49. The zero-order valence-electron chi connectivity index (χ0n) is 17.4. The zero-order chi connectivity index (χ0) is 23.3. The number of furan rings is 1. The summed E-state index contributed by atoms with van der Waals surface area (Å²) in [5.74, 6) is -2.18. The Morgan fingerprint density at radius 3 is 2.50 bits per heavy atom. The average molecular weight is 440 g/mol. The molecular formula is C23H21FN2O6.